The Kier molecular flexibility index (Phi) is 6.26. The molecule has 0 saturated carbocycles. The molecule has 9 nitrogen and oxygen atoms in total. The quantitative estimate of drug-likeness (QED) is 0.466. The van der Waals surface area contributed by atoms with Crippen LogP contribution in [0.25, 0.3) is 0 Å². The molecule has 1 rings (SSSR count). The molecule has 9 heteroatoms. The topological polar surface area (TPSA) is 130 Å². The Hall–Kier alpha value is -2.89. The van der Waals surface area contributed by atoms with Crippen molar-refractivity contribution in [2.75, 3.05) is 18.4 Å². The molecule has 0 saturated heterocycles. The maximum Gasteiger partial charge on any atom is 0.407 e. The lowest BCUT2D eigenvalue weighted by atomic mass is 10.2. The zero-order valence-corrected chi connectivity index (χ0v) is 13.3. The zero-order valence-electron chi connectivity index (χ0n) is 13.3. The largest absolute Gasteiger partial charge is 0.444 e. The smallest absolute Gasteiger partial charge is 0.407 e. The van der Waals surface area contributed by atoms with Crippen molar-refractivity contribution in [3.63, 3.8) is 0 Å². The zero-order chi connectivity index (χ0) is 17.5. The summed E-state index contributed by atoms with van der Waals surface area (Å²) in [5.74, 6) is 0.365. The van der Waals surface area contributed by atoms with E-state index in [-0.39, 0.29) is 11.4 Å². The number of hydrogen-bond acceptors (Lipinski definition) is 7. The summed E-state index contributed by atoms with van der Waals surface area (Å²) in [6.07, 6.45) is 0.109. The lowest BCUT2D eigenvalue weighted by molar-refractivity contribution is -0.385. The van der Waals surface area contributed by atoms with E-state index in [4.69, 9.17) is 10.00 Å². The first kappa shape index (κ1) is 18.2. The van der Waals surface area contributed by atoms with Crippen LogP contribution in [0.15, 0.2) is 12.1 Å². The second-order valence-electron chi connectivity index (χ2n) is 5.64. The molecule has 0 aliphatic rings. The summed E-state index contributed by atoms with van der Waals surface area (Å²) in [4.78, 5) is 25.3. The third-order valence-electron chi connectivity index (χ3n) is 2.50. The van der Waals surface area contributed by atoms with Crippen molar-refractivity contribution in [2.45, 2.75) is 32.8 Å². The molecule has 0 unspecified atom stereocenters. The minimum Gasteiger partial charge on any atom is -0.444 e. The number of carbonyl (C=O) groups excluding carboxylic acids is 1. The number of nitrogens with one attached hydrogen (secondary N) is 2. The summed E-state index contributed by atoms with van der Waals surface area (Å²) in [5.41, 5.74) is -1.12. The summed E-state index contributed by atoms with van der Waals surface area (Å²) in [6.45, 7) is 6.22. The average molecular weight is 321 g/mol. The number of nitrogens with zero attached hydrogens (tertiary/aromatic N) is 3. The molecular formula is C14H19N5O4. The molecule has 0 atom stereocenters. The standard InChI is InChI=1S/C14H19N5O4/c1-14(2,3)23-13(20)17-8-4-7-16-12-6-5-11(19(21)22)10(9-15)18-12/h5-6H,4,7-8H2,1-3H3,(H,16,18)(H,17,20). The summed E-state index contributed by atoms with van der Waals surface area (Å²) in [5, 5.41) is 25.1. The third kappa shape index (κ3) is 6.60. The number of anilines is 1. The Morgan fingerprint density at radius 1 is 1.43 bits per heavy atom. The lowest BCUT2D eigenvalue weighted by Gasteiger charge is -2.19. The van der Waals surface area contributed by atoms with E-state index in [1.165, 1.54) is 12.1 Å². The highest BCUT2D eigenvalue weighted by Crippen LogP contribution is 2.17. The van der Waals surface area contributed by atoms with E-state index in [0.717, 1.165) is 0 Å². The molecule has 0 fully saturated rings. The van der Waals surface area contributed by atoms with Gasteiger partial charge in [-0.05, 0) is 33.3 Å². The average Bonchev–Trinajstić information content (AvgIpc) is 2.44. The Balaban J connectivity index is 2.38. The molecule has 0 spiro atoms. The molecule has 2 N–H and O–H groups in total. The van der Waals surface area contributed by atoms with Crippen LogP contribution in [0.4, 0.5) is 16.3 Å². The Morgan fingerprint density at radius 3 is 2.70 bits per heavy atom. The Morgan fingerprint density at radius 2 is 2.13 bits per heavy atom. The van der Waals surface area contributed by atoms with Gasteiger partial charge in [0.25, 0.3) is 0 Å². The van der Waals surface area contributed by atoms with Crippen molar-refractivity contribution >= 4 is 17.6 Å². The van der Waals surface area contributed by atoms with Gasteiger partial charge in [-0.2, -0.15) is 5.26 Å². The highest BCUT2D eigenvalue weighted by atomic mass is 16.6. The first-order chi connectivity index (χ1) is 10.7. The number of aromatic nitrogens is 1. The summed E-state index contributed by atoms with van der Waals surface area (Å²) in [7, 11) is 0. The molecule has 0 aliphatic heterocycles. The molecule has 0 aliphatic carbocycles. The van der Waals surface area contributed by atoms with Crippen LogP contribution in [0.3, 0.4) is 0 Å². The van der Waals surface area contributed by atoms with Crippen LogP contribution in [0, 0.1) is 21.4 Å². The highest BCUT2D eigenvalue weighted by Gasteiger charge is 2.16. The van der Waals surface area contributed by atoms with Gasteiger partial charge in [-0.25, -0.2) is 9.78 Å². The minimum absolute atomic E-state index is 0.244. The van der Waals surface area contributed by atoms with Gasteiger partial charge in [-0.1, -0.05) is 0 Å². The molecule has 0 radical (unpaired) electrons. The van der Waals surface area contributed by atoms with E-state index in [0.29, 0.717) is 25.3 Å². The molecule has 1 aromatic rings. The van der Waals surface area contributed by atoms with Gasteiger partial charge in [-0.3, -0.25) is 10.1 Å². The predicted molar refractivity (Wildman–Crippen MR) is 82.9 cm³/mol. The van der Waals surface area contributed by atoms with E-state index in [9.17, 15) is 14.9 Å². The Bertz CT molecular complexity index is 619. The SMILES string of the molecule is CC(C)(C)OC(=O)NCCCNc1ccc([N+](=O)[O-])c(C#N)n1. The molecule has 23 heavy (non-hydrogen) atoms. The van der Waals surface area contributed by atoms with Gasteiger partial charge in [0.05, 0.1) is 4.92 Å². The van der Waals surface area contributed by atoms with Crippen LogP contribution in [-0.2, 0) is 4.74 Å². The van der Waals surface area contributed by atoms with Crippen molar-refractivity contribution in [1.29, 1.82) is 5.26 Å². The van der Waals surface area contributed by atoms with Crippen molar-refractivity contribution < 1.29 is 14.5 Å². The fraction of sp³-hybridized carbons (Fsp3) is 0.500. The number of carbonyl (C=O) groups is 1. The second-order valence-corrected chi connectivity index (χ2v) is 5.64. The maximum atomic E-state index is 11.4. The van der Waals surface area contributed by atoms with Gasteiger partial charge >= 0.3 is 11.8 Å². The number of amides is 1. The first-order valence-electron chi connectivity index (χ1n) is 6.99. The van der Waals surface area contributed by atoms with Gasteiger partial charge in [0, 0.05) is 19.2 Å². The van der Waals surface area contributed by atoms with E-state index in [1.807, 2.05) is 0 Å². The predicted octanol–water partition coefficient (Wildman–Crippen LogP) is 2.19. The van der Waals surface area contributed by atoms with Gasteiger partial charge in [0.15, 0.2) is 0 Å². The number of nitro groups is 1. The maximum absolute atomic E-state index is 11.4. The first-order valence-corrected chi connectivity index (χ1v) is 6.99. The van der Waals surface area contributed by atoms with E-state index >= 15 is 0 Å². The lowest BCUT2D eigenvalue weighted by Crippen LogP contribution is -2.33. The van der Waals surface area contributed by atoms with E-state index in [2.05, 4.69) is 15.6 Å². The van der Waals surface area contributed by atoms with Crippen LogP contribution < -0.4 is 10.6 Å². The fourth-order valence-electron chi connectivity index (χ4n) is 1.59. The number of rotatable bonds is 6. The summed E-state index contributed by atoms with van der Waals surface area (Å²) in [6, 6.07) is 4.35. The third-order valence-corrected chi connectivity index (χ3v) is 2.50. The van der Waals surface area contributed by atoms with Gasteiger partial charge in [0.2, 0.25) is 5.69 Å². The molecule has 124 valence electrons. The van der Waals surface area contributed by atoms with Crippen LogP contribution >= 0.6 is 0 Å². The van der Waals surface area contributed by atoms with Gasteiger partial charge in [-0.15, -0.1) is 0 Å². The molecular weight excluding hydrogens is 302 g/mol. The monoisotopic (exact) mass is 321 g/mol. The van der Waals surface area contributed by atoms with Gasteiger partial charge in [0.1, 0.15) is 17.5 Å². The molecule has 1 heterocycles. The van der Waals surface area contributed by atoms with Gasteiger partial charge < -0.3 is 15.4 Å². The molecule has 0 aromatic carbocycles. The van der Waals surface area contributed by atoms with Crippen molar-refractivity contribution in [1.82, 2.24) is 10.3 Å². The van der Waals surface area contributed by atoms with Crippen molar-refractivity contribution in [3.8, 4) is 6.07 Å². The van der Waals surface area contributed by atoms with Crippen molar-refractivity contribution in [3.05, 3.63) is 27.9 Å². The van der Waals surface area contributed by atoms with Crippen LogP contribution in [0.2, 0.25) is 0 Å². The highest BCUT2D eigenvalue weighted by molar-refractivity contribution is 5.67. The second kappa shape index (κ2) is 7.93. The minimum atomic E-state index is -0.653. The molecule has 1 amide bonds. The number of alkyl carbamates (subject to hydrolysis) is 1. The van der Waals surface area contributed by atoms with Crippen LogP contribution in [0.5, 0.6) is 0 Å². The van der Waals surface area contributed by atoms with Crippen LogP contribution in [-0.4, -0.2) is 34.7 Å². The van der Waals surface area contributed by atoms with E-state index in [1.54, 1.807) is 26.8 Å². The summed E-state index contributed by atoms with van der Waals surface area (Å²) < 4.78 is 5.09. The number of hydrogen-bond donors (Lipinski definition) is 2. The number of pyridine rings is 1. The van der Waals surface area contributed by atoms with Crippen molar-refractivity contribution in [2.24, 2.45) is 0 Å². The number of nitriles is 1. The number of ether oxygens (including phenoxy) is 1. The molecule has 1 aromatic heterocycles. The fourth-order valence-corrected chi connectivity index (χ4v) is 1.59. The summed E-state index contributed by atoms with van der Waals surface area (Å²) >= 11 is 0. The van der Waals surface area contributed by atoms with Crippen LogP contribution in [0.1, 0.15) is 32.9 Å². The Labute approximate surface area is 133 Å². The van der Waals surface area contributed by atoms with E-state index < -0.39 is 16.6 Å². The normalized spacial score (nSPS) is 10.5. The molecule has 0 bridgehead atoms.